The maximum absolute atomic E-state index is 11.9. The Hall–Kier alpha value is -2.10. The molecule has 0 aliphatic carbocycles. The van der Waals surface area contributed by atoms with Gasteiger partial charge in [-0.05, 0) is 25.5 Å². The van der Waals surface area contributed by atoms with Crippen LogP contribution < -0.4 is 5.32 Å². The van der Waals surface area contributed by atoms with Gasteiger partial charge in [0.25, 0.3) is 5.91 Å². The number of benzene rings is 1. The largest absolute Gasteiger partial charge is 0.361 e. The quantitative estimate of drug-likeness (QED) is 0.897. The van der Waals surface area contributed by atoms with E-state index < -0.39 is 0 Å². The highest BCUT2D eigenvalue weighted by atomic mass is 16.5. The van der Waals surface area contributed by atoms with E-state index in [9.17, 15) is 4.79 Å². The predicted molar refractivity (Wildman–Crippen MR) is 68.5 cm³/mol. The van der Waals surface area contributed by atoms with Gasteiger partial charge < -0.3 is 9.84 Å². The molecule has 1 heterocycles. The van der Waals surface area contributed by atoms with Crippen molar-refractivity contribution in [2.24, 2.45) is 0 Å². The van der Waals surface area contributed by atoms with Crippen LogP contribution in [-0.2, 0) is 6.42 Å². The van der Waals surface area contributed by atoms with Crippen molar-refractivity contribution in [2.75, 3.05) is 6.54 Å². The molecule has 0 fully saturated rings. The van der Waals surface area contributed by atoms with Gasteiger partial charge in [-0.3, -0.25) is 4.79 Å². The van der Waals surface area contributed by atoms with E-state index in [-0.39, 0.29) is 5.91 Å². The second-order valence-corrected chi connectivity index (χ2v) is 4.26. The van der Waals surface area contributed by atoms with Gasteiger partial charge in [-0.25, -0.2) is 0 Å². The van der Waals surface area contributed by atoms with Crippen molar-refractivity contribution < 1.29 is 9.32 Å². The van der Waals surface area contributed by atoms with Crippen molar-refractivity contribution in [2.45, 2.75) is 20.3 Å². The van der Waals surface area contributed by atoms with E-state index in [1.54, 1.807) is 0 Å². The second kappa shape index (κ2) is 5.49. The molecule has 0 aliphatic rings. The Morgan fingerprint density at radius 3 is 2.78 bits per heavy atom. The van der Waals surface area contributed by atoms with Crippen molar-refractivity contribution in [1.82, 2.24) is 10.5 Å². The number of aryl methyl sites for hydroxylation is 2. The topological polar surface area (TPSA) is 55.1 Å². The Kier molecular flexibility index (Phi) is 3.77. The zero-order chi connectivity index (χ0) is 13.0. The number of hydrogen-bond donors (Lipinski definition) is 1. The Morgan fingerprint density at radius 2 is 2.11 bits per heavy atom. The molecule has 1 N–H and O–H groups in total. The first-order valence-electron chi connectivity index (χ1n) is 5.93. The van der Waals surface area contributed by atoms with Crippen molar-refractivity contribution in [3.63, 3.8) is 0 Å². The number of amides is 1. The average molecular weight is 244 g/mol. The first-order chi connectivity index (χ1) is 8.66. The summed E-state index contributed by atoms with van der Waals surface area (Å²) < 4.78 is 5.07. The molecule has 0 aliphatic heterocycles. The molecule has 1 aromatic heterocycles. The number of nitrogens with one attached hydrogen (secondary N) is 1. The molecule has 94 valence electrons. The van der Waals surface area contributed by atoms with Crippen LogP contribution in [-0.4, -0.2) is 17.6 Å². The van der Waals surface area contributed by atoms with Gasteiger partial charge in [0.1, 0.15) is 5.76 Å². The van der Waals surface area contributed by atoms with Gasteiger partial charge in [-0.1, -0.05) is 23.4 Å². The lowest BCUT2D eigenvalue weighted by molar-refractivity contribution is 0.0953. The Labute approximate surface area is 106 Å². The Bertz CT molecular complexity index is 546. The first kappa shape index (κ1) is 12.4. The normalized spacial score (nSPS) is 10.3. The number of carbonyl (C=O) groups is 1. The molecular weight excluding hydrogens is 228 g/mol. The van der Waals surface area contributed by atoms with Crippen LogP contribution in [0.15, 0.2) is 34.9 Å². The molecule has 2 rings (SSSR count). The molecule has 1 amide bonds. The van der Waals surface area contributed by atoms with Crippen LogP contribution in [0.25, 0.3) is 0 Å². The minimum absolute atomic E-state index is 0.0515. The van der Waals surface area contributed by atoms with Gasteiger partial charge in [-0.2, -0.15) is 0 Å². The van der Waals surface area contributed by atoms with Crippen molar-refractivity contribution >= 4 is 5.91 Å². The predicted octanol–water partition coefficient (Wildman–Crippen LogP) is 2.26. The number of aromatic nitrogens is 1. The molecule has 0 radical (unpaired) electrons. The van der Waals surface area contributed by atoms with Gasteiger partial charge in [0.2, 0.25) is 0 Å². The fourth-order valence-electron chi connectivity index (χ4n) is 1.76. The van der Waals surface area contributed by atoms with Crippen molar-refractivity contribution in [1.29, 1.82) is 0 Å². The minimum Gasteiger partial charge on any atom is -0.361 e. The lowest BCUT2D eigenvalue weighted by Gasteiger charge is -2.06. The van der Waals surface area contributed by atoms with Crippen LogP contribution >= 0.6 is 0 Å². The smallest absolute Gasteiger partial charge is 0.251 e. The van der Waals surface area contributed by atoms with Crippen LogP contribution in [0.4, 0.5) is 0 Å². The number of carbonyl (C=O) groups excluding carboxylic acids is 1. The monoisotopic (exact) mass is 244 g/mol. The molecular formula is C14H16N2O2. The van der Waals surface area contributed by atoms with E-state index >= 15 is 0 Å². The first-order valence-corrected chi connectivity index (χ1v) is 5.93. The van der Waals surface area contributed by atoms with Crippen LogP contribution in [0.2, 0.25) is 0 Å². The summed E-state index contributed by atoms with van der Waals surface area (Å²) in [5, 5.41) is 6.67. The number of rotatable bonds is 4. The van der Waals surface area contributed by atoms with Gasteiger partial charge in [0.15, 0.2) is 0 Å². The fourth-order valence-corrected chi connectivity index (χ4v) is 1.76. The fraction of sp³-hybridized carbons (Fsp3) is 0.286. The summed E-state index contributed by atoms with van der Waals surface area (Å²) in [7, 11) is 0. The van der Waals surface area contributed by atoms with E-state index in [1.807, 2.05) is 44.2 Å². The molecule has 0 saturated carbocycles. The Morgan fingerprint density at radius 1 is 1.33 bits per heavy atom. The van der Waals surface area contributed by atoms with E-state index in [0.29, 0.717) is 18.5 Å². The van der Waals surface area contributed by atoms with Crippen LogP contribution in [0.5, 0.6) is 0 Å². The lowest BCUT2D eigenvalue weighted by Crippen LogP contribution is -2.26. The molecule has 0 spiro atoms. The summed E-state index contributed by atoms with van der Waals surface area (Å²) >= 11 is 0. The third-order valence-electron chi connectivity index (χ3n) is 2.72. The third-order valence-corrected chi connectivity index (χ3v) is 2.72. The summed E-state index contributed by atoms with van der Waals surface area (Å²) in [5.74, 6) is 0.738. The number of nitrogens with zero attached hydrogens (tertiary/aromatic N) is 1. The van der Waals surface area contributed by atoms with Crippen LogP contribution in [0.3, 0.4) is 0 Å². The lowest BCUT2D eigenvalue weighted by atomic mass is 10.1. The average Bonchev–Trinajstić information content (AvgIpc) is 2.75. The van der Waals surface area contributed by atoms with Crippen LogP contribution in [0, 0.1) is 13.8 Å². The zero-order valence-electron chi connectivity index (χ0n) is 10.6. The number of hydrogen-bond acceptors (Lipinski definition) is 3. The van der Waals surface area contributed by atoms with E-state index in [2.05, 4.69) is 10.5 Å². The molecule has 1 aromatic carbocycles. The van der Waals surface area contributed by atoms with Gasteiger partial charge >= 0.3 is 0 Å². The highest BCUT2D eigenvalue weighted by Gasteiger charge is 2.08. The summed E-state index contributed by atoms with van der Waals surface area (Å²) in [5.41, 5.74) is 2.55. The summed E-state index contributed by atoms with van der Waals surface area (Å²) in [6.07, 6.45) is 0.651. The highest BCUT2D eigenvalue weighted by Crippen LogP contribution is 2.07. The molecule has 2 aromatic rings. The molecule has 0 bridgehead atoms. The summed E-state index contributed by atoms with van der Waals surface area (Å²) in [6, 6.07) is 9.41. The minimum atomic E-state index is -0.0515. The van der Waals surface area contributed by atoms with E-state index in [0.717, 1.165) is 17.0 Å². The SMILES string of the molecule is Cc1cc(CCNC(=O)c2ccccc2C)on1. The van der Waals surface area contributed by atoms with E-state index in [4.69, 9.17) is 4.52 Å². The summed E-state index contributed by atoms with van der Waals surface area (Å²) in [6.45, 7) is 4.34. The van der Waals surface area contributed by atoms with Crippen LogP contribution in [0.1, 0.15) is 27.4 Å². The second-order valence-electron chi connectivity index (χ2n) is 4.26. The highest BCUT2D eigenvalue weighted by molar-refractivity contribution is 5.95. The zero-order valence-corrected chi connectivity index (χ0v) is 10.6. The van der Waals surface area contributed by atoms with Crippen molar-refractivity contribution in [3.8, 4) is 0 Å². The molecule has 18 heavy (non-hydrogen) atoms. The van der Waals surface area contributed by atoms with Gasteiger partial charge in [0, 0.05) is 24.6 Å². The molecule has 4 nitrogen and oxygen atoms in total. The Balaban J connectivity index is 1.87. The molecule has 0 saturated heterocycles. The van der Waals surface area contributed by atoms with Crippen molar-refractivity contribution in [3.05, 3.63) is 52.9 Å². The third kappa shape index (κ3) is 2.97. The summed E-state index contributed by atoms with van der Waals surface area (Å²) in [4.78, 5) is 11.9. The molecule has 4 heteroatoms. The van der Waals surface area contributed by atoms with E-state index in [1.165, 1.54) is 0 Å². The molecule has 0 atom stereocenters. The van der Waals surface area contributed by atoms with Gasteiger partial charge in [-0.15, -0.1) is 0 Å². The van der Waals surface area contributed by atoms with Gasteiger partial charge in [0.05, 0.1) is 5.69 Å². The molecule has 0 unspecified atom stereocenters. The maximum atomic E-state index is 11.9. The maximum Gasteiger partial charge on any atom is 0.251 e. The standard InChI is InChI=1S/C14H16N2O2/c1-10-5-3-4-6-13(10)14(17)15-8-7-12-9-11(2)16-18-12/h3-6,9H,7-8H2,1-2H3,(H,15,17).